The van der Waals surface area contributed by atoms with Gasteiger partial charge in [-0.15, -0.1) is 0 Å². The fourth-order valence-electron chi connectivity index (χ4n) is 3.53. The predicted octanol–water partition coefficient (Wildman–Crippen LogP) is 3.13. The molecule has 0 radical (unpaired) electrons. The maximum Gasteiger partial charge on any atom is 0.323 e. The molecular formula is C16H29NO2. The molecule has 3 nitrogen and oxygen atoms in total. The van der Waals surface area contributed by atoms with E-state index in [1.807, 2.05) is 0 Å². The molecular weight excluding hydrogens is 238 g/mol. The number of ether oxygens (including phenoxy) is 1. The van der Waals surface area contributed by atoms with Gasteiger partial charge in [0.15, 0.2) is 0 Å². The molecule has 2 rings (SSSR count). The van der Waals surface area contributed by atoms with E-state index in [1.165, 1.54) is 19.3 Å². The average Bonchev–Trinajstić information content (AvgIpc) is 2.39. The Kier molecular flexibility index (Phi) is 5.26. The van der Waals surface area contributed by atoms with Crippen LogP contribution >= 0.6 is 0 Å². The van der Waals surface area contributed by atoms with Crippen LogP contribution in [0, 0.1) is 17.8 Å². The molecule has 1 saturated carbocycles. The van der Waals surface area contributed by atoms with Crippen LogP contribution in [0.25, 0.3) is 0 Å². The van der Waals surface area contributed by atoms with Crippen LogP contribution in [0.2, 0.25) is 0 Å². The van der Waals surface area contributed by atoms with Crippen molar-refractivity contribution in [3.05, 3.63) is 0 Å². The molecule has 3 heteroatoms. The van der Waals surface area contributed by atoms with Crippen LogP contribution in [0.5, 0.6) is 0 Å². The first kappa shape index (κ1) is 14.8. The summed E-state index contributed by atoms with van der Waals surface area (Å²) >= 11 is 0. The van der Waals surface area contributed by atoms with Crippen LogP contribution < -0.4 is 5.32 Å². The van der Waals surface area contributed by atoms with Crippen LogP contribution in [0.15, 0.2) is 0 Å². The maximum atomic E-state index is 12.3. The molecule has 19 heavy (non-hydrogen) atoms. The van der Waals surface area contributed by atoms with Gasteiger partial charge in [0.25, 0.3) is 0 Å². The zero-order valence-electron chi connectivity index (χ0n) is 12.7. The van der Waals surface area contributed by atoms with Crippen LogP contribution in [0.3, 0.4) is 0 Å². The lowest BCUT2D eigenvalue weighted by Crippen LogP contribution is -2.45. The van der Waals surface area contributed by atoms with Gasteiger partial charge in [0.05, 0.1) is 0 Å². The summed E-state index contributed by atoms with van der Waals surface area (Å²) in [4.78, 5) is 12.3. The highest BCUT2D eigenvalue weighted by Gasteiger charge is 2.35. The normalized spacial score (nSPS) is 36.2. The Balaban J connectivity index is 1.92. The smallest absolute Gasteiger partial charge is 0.323 e. The zero-order valence-corrected chi connectivity index (χ0v) is 12.7. The summed E-state index contributed by atoms with van der Waals surface area (Å²) in [6, 6.07) is -0.0567. The maximum absolute atomic E-state index is 12.3. The number of carbonyl (C=O) groups excluding carboxylic acids is 1. The van der Waals surface area contributed by atoms with Crippen molar-refractivity contribution in [1.29, 1.82) is 0 Å². The first-order valence-corrected chi connectivity index (χ1v) is 8.01. The number of piperidine rings is 1. The fourth-order valence-corrected chi connectivity index (χ4v) is 3.53. The third-order valence-corrected chi connectivity index (χ3v) is 4.82. The van der Waals surface area contributed by atoms with Crippen molar-refractivity contribution in [2.45, 2.75) is 71.4 Å². The van der Waals surface area contributed by atoms with Gasteiger partial charge in [0.1, 0.15) is 12.1 Å². The van der Waals surface area contributed by atoms with Gasteiger partial charge in [-0.05, 0) is 50.0 Å². The molecule has 1 heterocycles. The summed E-state index contributed by atoms with van der Waals surface area (Å²) in [6.45, 7) is 7.73. The summed E-state index contributed by atoms with van der Waals surface area (Å²) in [7, 11) is 0. The monoisotopic (exact) mass is 267 g/mol. The van der Waals surface area contributed by atoms with Crippen molar-refractivity contribution in [2.24, 2.45) is 17.8 Å². The summed E-state index contributed by atoms with van der Waals surface area (Å²) < 4.78 is 5.87. The highest BCUT2D eigenvalue weighted by molar-refractivity contribution is 5.76. The van der Waals surface area contributed by atoms with E-state index in [9.17, 15) is 4.79 Å². The van der Waals surface area contributed by atoms with Crippen LogP contribution in [-0.4, -0.2) is 24.7 Å². The zero-order chi connectivity index (χ0) is 13.8. The van der Waals surface area contributed by atoms with Gasteiger partial charge in [0.2, 0.25) is 0 Å². The molecule has 2 aliphatic rings. The Labute approximate surface area is 117 Å². The summed E-state index contributed by atoms with van der Waals surface area (Å²) in [5.41, 5.74) is 0. The van der Waals surface area contributed by atoms with Crippen molar-refractivity contribution in [1.82, 2.24) is 5.32 Å². The van der Waals surface area contributed by atoms with Crippen molar-refractivity contribution < 1.29 is 9.53 Å². The molecule has 1 saturated heterocycles. The molecule has 1 aliphatic carbocycles. The highest BCUT2D eigenvalue weighted by Crippen LogP contribution is 2.35. The third kappa shape index (κ3) is 3.95. The molecule has 4 atom stereocenters. The van der Waals surface area contributed by atoms with E-state index in [0.29, 0.717) is 17.8 Å². The number of nitrogens with one attached hydrogen (secondary N) is 1. The van der Waals surface area contributed by atoms with E-state index in [2.05, 4.69) is 26.1 Å². The Morgan fingerprint density at radius 2 is 2.00 bits per heavy atom. The van der Waals surface area contributed by atoms with Gasteiger partial charge >= 0.3 is 5.97 Å². The summed E-state index contributed by atoms with van der Waals surface area (Å²) in [6.07, 6.45) is 6.92. The number of carbonyl (C=O) groups is 1. The molecule has 1 N–H and O–H groups in total. The second-order valence-corrected chi connectivity index (χ2v) is 6.80. The molecule has 3 unspecified atom stereocenters. The minimum atomic E-state index is -0.0567. The average molecular weight is 267 g/mol. The lowest BCUT2D eigenvalue weighted by Gasteiger charge is -2.37. The Bertz CT molecular complexity index is 297. The minimum absolute atomic E-state index is 0.00977. The highest BCUT2D eigenvalue weighted by atomic mass is 16.5. The minimum Gasteiger partial charge on any atom is -0.461 e. The third-order valence-electron chi connectivity index (χ3n) is 4.82. The van der Waals surface area contributed by atoms with Crippen LogP contribution in [0.1, 0.15) is 59.3 Å². The van der Waals surface area contributed by atoms with Gasteiger partial charge < -0.3 is 10.1 Å². The van der Waals surface area contributed by atoms with Gasteiger partial charge in [-0.3, -0.25) is 4.79 Å². The largest absolute Gasteiger partial charge is 0.461 e. The molecule has 110 valence electrons. The van der Waals surface area contributed by atoms with Gasteiger partial charge in [0, 0.05) is 0 Å². The Morgan fingerprint density at radius 1 is 1.21 bits per heavy atom. The van der Waals surface area contributed by atoms with Gasteiger partial charge in [-0.25, -0.2) is 0 Å². The van der Waals surface area contributed by atoms with E-state index in [-0.39, 0.29) is 18.1 Å². The predicted molar refractivity (Wildman–Crippen MR) is 76.9 cm³/mol. The lowest BCUT2D eigenvalue weighted by atomic mass is 9.75. The summed E-state index contributed by atoms with van der Waals surface area (Å²) in [5.74, 6) is 1.82. The van der Waals surface area contributed by atoms with E-state index >= 15 is 0 Å². The van der Waals surface area contributed by atoms with Crippen molar-refractivity contribution in [2.75, 3.05) is 6.54 Å². The summed E-state index contributed by atoms with van der Waals surface area (Å²) in [5, 5.41) is 3.29. The topological polar surface area (TPSA) is 38.3 Å². The quantitative estimate of drug-likeness (QED) is 0.798. The Hall–Kier alpha value is -0.570. The van der Waals surface area contributed by atoms with E-state index in [4.69, 9.17) is 4.74 Å². The lowest BCUT2D eigenvalue weighted by molar-refractivity contribution is -0.159. The molecule has 0 spiro atoms. The van der Waals surface area contributed by atoms with Crippen LogP contribution in [0.4, 0.5) is 0 Å². The standard InChI is InChI=1S/C16H29NO2/c1-11(2)13-8-7-12(3)10-15(13)19-16(18)14-6-4-5-9-17-14/h11-15,17H,4-10H2,1-3H3/t12?,13?,14-,15?/m1/s1. The SMILES string of the molecule is CC1CCC(C(C)C)C(OC(=O)[C@H]2CCCCN2)C1. The first-order chi connectivity index (χ1) is 9.08. The number of rotatable bonds is 3. The molecule has 0 aromatic heterocycles. The van der Waals surface area contributed by atoms with E-state index in [1.54, 1.807) is 0 Å². The Morgan fingerprint density at radius 3 is 2.63 bits per heavy atom. The molecule has 1 aliphatic heterocycles. The molecule has 0 amide bonds. The van der Waals surface area contributed by atoms with E-state index < -0.39 is 0 Å². The van der Waals surface area contributed by atoms with Crippen molar-refractivity contribution in [3.63, 3.8) is 0 Å². The van der Waals surface area contributed by atoms with Crippen molar-refractivity contribution >= 4 is 5.97 Å². The first-order valence-electron chi connectivity index (χ1n) is 8.01. The second kappa shape index (κ2) is 6.74. The van der Waals surface area contributed by atoms with Crippen LogP contribution in [-0.2, 0) is 9.53 Å². The molecule has 0 aromatic carbocycles. The van der Waals surface area contributed by atoms with Crippen molar-refractivity contribution in [3.8, 4) is 0 Å². The van der Waals surface area contributed by atoms with E-state index in [0.717, 1.165) is 25.8 Å². The number of esters is 1. The number of hydrogen-bond acceptors (Lipinski definition) is 3. The second-order valence-electron chi connectivity index (χ2n) is 6.80. The number of hydrogen-bond donors (Lipinski definition) is 1. The molecule has 2 fully saturated rings. The molecule has 0 aromatic rings. The molecule has 0 bridgehead atoms. The fraction of sp³-hybridized carbons (Fsp3) is 0.938. The van der Waals surface area contributed by atoms with Gasteiger partial charge in [-0.1, -0.05) is 33.6 Å². The van der Waals surface area contributed by atoms with Gasteiger partial charge in [-0.2, -0.15) is 0 Å².